The van der Waals surface area contributed by atoms with Crippen molar-refractivity contribution in [1.29, 1.82) is 0 Å². The van der Waals surface area contributed by atoms with Crippen LogP contribution in [0.5, 0.6) is 0 Å². The van der Waals surface area contributed by atoms with Gasteiger partial charge in [-0.2, -0.15) is 5.11 Å². The van der Waals surface area contributed by atoms with Gasteiger partial charge in [-0.3, -0.25) is 0 Å². The van der Waals surface area contributed by atoms with Crippen LogP contribution >= 0.6 is 28.1 Å². The number of halogens is 1. The highest BCUT2D eigenvalue weighted by atomic mass is 79.9. The number of hydrogen-bond acceptors (Lipinski definition) is 2. The molecule has 0 bridgehead atoms. The Labute approximate surface area is 89.4 Å². The predicted octanol–water partition coefficient (Wildman–Crippen LogP) is 2.79. The summed E-state index contributed by atoms with van der Waals surface area (Å²) in [6, 6.07) is 7.89. The van der Waals surface area contributed by atoms with Crippen LogP contribution in [-0.2, 0) is 0 Å². The zero-order valence-corrected chi connectivity index (χ0v) is 8.97. The smallest absolute Gasteiger partial charge is 0.215 e. The van der Waals surface area contributed by atoms with Crippen molar-refractivity contribution in [1.82, 2.24) is 5.32 Å². The van der Waals surface area contributed by atoms with Crippen LogP contribution in [0.25, 0.3) is 0 Å². The molecule has 0 saturated carbocycles. The summed E-state index contributed by atoms with van der Waals surface area (Å²) in [5, 5.41) is 11.2. The first-order chi connectivity index (χ1) is 6.25. The molecule has 1 aliphatic rings. The molecule has 1 atom stereocenters. The zero-order chi connectivity index (χ0) is 9.26. The molecule has 0 saturated heterocycles. The van der Waals surface area contributed by atoms with E-state index >= 15 is 0 Å². The van der Waals surface area contributed by atoms with Crippen molar-refractivity contribution in [2.75, 3.05) is 0 Å². The zero-order valence-electron chi connectivity index (χ0n) is 6.57. The van der Waals surface area contributed by atoms with Crippen LogP contribution in [0.15, 0.2) is 39.0 Å². The SMILES string of the molecule is S=C1N=NC(c2cccc(Br)c2)N1. The summed E-state index contributed by atoms with van der Waals surface area (Å²) >= 11 is 8.24. The first kappa shape index (κ1) is 8.77. The lowest BCUT2D eigenvalue weighted by Crippen LogP contribution is -2.17. The summed E-state index contributed by atoms with van der Waals surface area (Å²) < 4.78 is 1.03. The van der Waals surface area contributed by atoms with E-state index in [0.29, 0.717) is 5.11 Å². The van der Waals surface area contributed by atoms with Gasteiger partial charge in [-0.15, -0.1) is 5.11 Å². The minimum absolute atomic E-state index is 0.120. The third-order valence-corrected chi connectivity index (χ3v) is 2.38. The molecule has 1 heterocycles. The quantitative estimate of drug-likeness (QED) is 0.784. The van der Waals surface area contributed by atoms with Crippen LogP contribution in [0.2, 0.25) is 0 Å². The van der Waals surface area contributed by atoms with Gasteiger partial charge in [0.2, 0.25) is 5.11 Å². The maximum Gasteiger partial charge on any atom is 0.215 e. The Morgan fingerprint density at radius 3 is 2.92 bits per heavy atom. The first-order valence-corrected chi connectivity index (χ1v) is 4.92. The lowest BCUT2D eigenvalue weighted by molar-refractivity contribution is 0.703. The Morgan fingerprint density at radius 1 is 1.46 bits per heavy atom. The lowest BCUT2D eigenvalue weighted by atomic mass is 10.2. The van der Waals surface area contributed by atoms with Crippen LogP contribution in [0, 0.1) is 0 Å². The summed E-state index contributed by atoms with van der Waals surface area (Å²) in [7, 11) is 0. The number of azo groups is 1. The van der Waals surface area contributed by atoms with Crippen molar-refractivity contribution >= 4 is 33.3 Å². The van der Waals surface area contributed by atoms with Crippen molar-refractivity contribution in [3.8, 4) is 0 Å². The molecule has 5 heteroatoms. The molecule has 66 valence electrons. The Balaban J connectivity index is 2.27. The van der Waals surface area contributed by atoms with Gasteiger partial charge in [0.25, 0.3) is 0 Å². The van der Waals surface area contributed by atoms with Crippen LogP contribution < -0.4 is 5.32 Å². The maximum absolute atomic E-state index is 4.85. The fraction of sp³-hybridized carbons (Fsp3) is 0.125. The second-order valence-electron chi connectivity index (χ2n) is 2.62. The topological polar surface area (TPSA) is 36.8 Å². The summed E-state index contributed by atoms with van der Waals surface area (Å²) in [5.74, 6) is 0. The third-order valence-electron chi connectivity index (χ3n) is 1.69. The number of hydrogen-bond donors (Lipinski definition) is 1. The molecule has 0 amide bonds. The molecule has 1 aromatic rings. The Hall–Kier alpha value is -0.810. The molecule has 1 aliphatic heterocycles. The Kier molecular flexibility index (Phi) is 2.37. The minimum atomic E-state index is -0.120. The van der Waals surface area contributed by atoms with E-state index in [4.69, 9.17) is 12.2 Å². The standard InChI is InChI=1S/C8H6BrN3S/c9-6-3-1-2-5(4-6)7-10-8(13)12-11-7/h1-4,7H,(H,10,13). The molecule has 0 spiro atoms. The molecule has 0 fully saturated rings. The van der Waals surface area contributed by atoms with E-state index in [9.17, 15) is 0 Å². The highest BCUT2D eigenvalue weighted by molar-refractivity contribution is 9.10. The summed E-state index contributed by atoms with van der Waals surface area (Å²) in [4.78, 5) is 0. The highest BCUT2D eigenvalue weighted by Gasteiger charge is 2.16. The number of nitrogens with zero attached hydrogens (tertiary/aromatic N) is 2. The lowest BCUT2D eigenvalue weighted by Gasteiger charge is -2.06. The molecule has 1 aromatic carbocycles. The molecular weight excluding hydrogens is 250 g/mol. The van der Waals surface area contributed by atoms with Crippen molar-refractivity contribution in [3.63, 3.8) is 0 Å². The van der Waals surface area contributed by atoms with Gasteiger partial charge in [0, 0.05) is 4.47 Å². The van der Waals surface area contributed by atoms with Crippen molar-refractivity contribution in [2.45, 2.75) is 6.17 Å². The molecule has 0 aromatic heterocycles. The number of benzene rings is 1. The van der Waals surface area contributed by atoms with Gasteiger partial charge < -0.3 is 5.32 Å². The fourth-order valence-electron chi connectivity index (χ4n) is 1.11. The largest absolute Gasteiger partial charge is 0.333 e. The van der Waals surface area contributed by atoms with Gasteiger partial charge in [0.05, 0.1) is 0 Å². The second-order valence-corrected chi connectivity index (χ2v) is 3.92. The van der Waals surface area contributed by atoms with E-state index in [1.54, 1.807) is 0 Å². The van der Waals surface area contributed by atoms with Gasteiger partial charge in [0.1, 0.15) is 0 Å². The van der Waals surface area contributed by atoms with E-state index in [1.807, 2.05) is 24.3 Å². The Bertz CT molecular complexity index is 377. The Morgan fingerprint density at radius 2 is 2.31 bits per heavy atom. The molecule has 0 radical (unpaired) electrons. The van der Waals surface area contributed by atoms with E-state index < -0.39 is 0 Å². The van der Waals surface area contributed by atoms with Gasteiger partial charge in [-0.05, 0) is 29.9 Å². The number of nitrogens with one attached hydrogen (secondary N) is 1. The normalized spacial score (nSPS) is 20.4. The van der Waals surface area contributed by atoms with Crippen LogP contribution in [-0.4, -0.2) is 5.11 Å². The first-order valence-electron chi connectivity index (χ1n) is 3.72. The second kappa shape index (κ2) is 3.51. The van der Waals surface area contributed by atoms with Crippen LogP contribution in [0.4, 0.5) is 0 Å². The third kappa shape index (κ3) is 1.92. The summed E-state index contributed by atoms with van der Waals surface area (Å²) in [6.45, 7) is 0. The molecule has 1 unspecified atom stereocenters. The number of rotatable bonds is 1. The highest BCUT2D eigenvalue weighted by Crippen LogP contribution is 2.22. The predicted molar refractivity (Wildman–Crippen MR) is 57.5 cm³/mol. The molecular formula is C8H6BrN3S. The van der Waals surface area contributed by atoms with Crippen molar-refractivity contribution < 1.29 is 0 Å². The van der Waals surface area contributed by atoms with Gasteiger partial charge in [-0.1, -0.05) is 28.1 Å². The van der Waals surface area contributed by atoms with Crippen LogP contribution in [0.3, 0.4) is 0 Å². The van der Waals surface area contributed by atoms with Crippen LogP contribution in [0.1, 0.15) is 11.7 Å². The fourth-order valence-corrected chi connectivity index (χ4v) is 1.69. The van der Waals surface area contributed by atoms with Gasteiger partial charge in [0.15, 0.2) is 6.17 Å². The monoisotopic (exact) mass is 255 g/mol. The summed E-state index contributed by atoms with van der Waals surface area (Å²) in [5.41, 5.74) is 1.05. The minimum Gasteiger partial charge on any atom is -0.333 e. The van der Waals surface area contributed by atoms with Gasteiger partial charge >= 0.3 is 0 Å². The molecule has 3 nitrogen and oxygen atoms in total. The van der Waals surface area contributed by atoms with E-state index in [2.05, 4.69) is 31.5 Å². The maximum atomic E-state index is 4.85. The molecule has 13 heavy (non-hydrogen) atoms. The van der Waals surface area contributed by atoms with E-state index in [-0.39, 0.29) is 6.17 Å². The van der Waals surface area contributed by atoms with Crippen molar-refractivity contribution in [3.05, 3.63) is 34.3 Å². The molecule has 0 aliphatic carbocycles. The van der Waals surface area contributed by atoms with E-state index in [1.165, 1.54) is 0 Å². The average Bonchev–Trinajstić information content (AvgIpc) is 2.52. The molecule has 2 rings (SSSR count). The van der Waals surface area contributed by atoms with Crippen molar-refractivity contribution in [2.24, 2.45) is 10.2 Å². The number of thiocarbonyl (C=S) groups is 1. The average molecular weight is 256 g/mol. The summed E-state index contributed by atoms with van der Waals surface area (Å²) in [6.07, 6.45) is -0.120. The molecule has 1 N–H and O–H groups in total. The van der Waals surface area contributed by atoms with E-state index in [0.717, 1.165) is 10.0 Å². The van der Waals surface area contributed by atoms with Gasteiger partial charge in [-0.25, -0.2) is 0 Å².